The zero-order valence-corrected chi connectivity index (χ0v) is 17.0. The predicted molar refractivity (Wildman–Crippen MR) is 114 cm³/mol. The van der Waals surface area contributed by atoms with Gasteiger partial charge in [0.1, 0.15) is 5.82 Å². The van der Waals surface area contributed by atoms with Gasteiger partial charge in [-0.3, -0.25) is 14.9 Å². The van der Waals surface area contributed by atoms with Crippen molar-refractivity contribution >= 4 is 34.9 Å². The second kappa shape index (κ2) is 9.36. The van der Waals surface area contributed by atoms with E-state index in [0.29, 0.717) is 22.6 Å². The van der Waals surface area contributed by atoms with Crippen LogP contribution in [0.25, 0.3) is 6.08 Å². The first kappa shape index (κ1) is 20.5. The van der Waals surface area contributed by atoms with Crippen molar-refractivity contribution in [1.29, 1.82) is 0 Å². The second-order valence-electron chi connectivity index (χ2n) is 7.36. The Morgan fingerprint density at radius 1 is 1.10 bits per heavy atom. The maximum Gasteiger partial charge on any atom is 0.290 e. The Kier molecular flexibility index (Phi) is 6.39. The molecule has 4 rings (SSSR count). The molecule has 2 heterocycles. The number of hydrogen-bond acceptors (Lipinski definition) is 7. The molecule has 2 amide bonds. The number of imide groups is 1. The average molecular weight is 428 g/mol. The van der Waals surface area contributed by atoms with Crippen LogP contribution in [0.15, 0.2) is 41.4 Å². The lowest BCUT2D eigenvalue weighted by Gasteiger charge is -2.29. The number of halogens is 1. The number of nitrogens with one attached hydrogen (secondary N) is 3. The van der Waals surface area contributed by atoms with E-state index >= 15 is 0 Å². The van der Waals surface area contributed by atoms with Gasteiger partial charge in [0, 0.05) is 24.8 Å². The predicted octanol–water partition coefficient (Wildman–Crippen LogP) is 3.45. The number of rotatable bonds is 6. The molecule has 0 spiro atoms. The third-order valence-electron chi connectivity index (χ3n) is 5.17. The van der Waals surface area contributed by atoms with Gasteiger partial charge >= 0.3 is 0 Å². The zero-order chi connectivity index (χ0) is 20.9. The zero-order valence-electron chi connectivity index (χ0n) is 16.2. The van der Waals surface area contributed by atoms with Crippen molar-refractivity contribution in [3.63, 3.8) is 0 Å². The lowest BCUT2D eigenvalue weighted by molar-refractivity contribution is -0.115. The quantitative estimate of drug-likeness (QED) is 0.608. The summed E-state index contributed by atoms with van der Waals surface area (Å²) in [6.45, 7) is 0.733. The van der Waals surface area contributed by atoms with Crippen LogP contribution in [0.4, 0.5) is 15.1 Å². The van der Waals surface area contributed by atoms with Gasteiger partial charge in [-0.05, 0) is 67.3 Å². The van der Waals surface area contributed by atoms with E-state index in [1.807, 2.05) is 0 Å². The van der Waals surface area contributed by atoms with Crippen molar-refractivity contribution in [2.45, 2.75) is 44.3 Å². The largest absolute Gasteiger partial charge is 0.351 e. The van der Waals surface area contributed by atoms with Crippen LogP contribution >= 0.6 is 11.8 Å². The van der Waals surface area contributed by atoms with E-state index in [2.05, 4.69) is 25.9 Å². The summed E-state index contributed by atoms with van der Waals surface area (Å²) in [6.07, 6.45) is 7.26. The van der Waals surface area contributed by atoms with Crippen molar-refractivity contribution in [2.24, 2.45) is 0 Å². The summed E-state index contributed by atoms with van der Waals surface area (Å²) in [7, 11) is 0. The molecule has 0 atom stereocenters. The molecule has 2 aromatic rings. The molecule has 1 saturated heterocycles. The molecule has 3 N–H and O–H groups in total. The van der Waals surface area contributed by atoms with Gasteiger partial charge in [0.25, 0.3) is 11.1 Å². The van der Waals surface area contributed by atoms with Crippen LogP contribution in [-0.2, 0) is 11.3 Å². The molecule has 1 saturated carbocycles. The molecule has 0 radical (unpaired) electrons. The van der Waals surface area contributed by atoms with Crippen LogP contribution in [0.5, 0.6) is 0 Å². The number of benzene rings is 1. The van der Waals surface area contributed by atoms with Gasteiger partial charge in [0.15, 0.2) is 0 Å². The van der Waals surface area contributed by atoms with E-state index < -0.39 is 5.91 Å². The van der Waals surface area contributed by atoms with E-state index in [4.69, 9.17) is 0 Å². The molecule has 0 unspecified atom stereocenters. The molecule has 30 heavy (non-hydrogen) atoms. The molecule has 2 fully saturated rings. The topological polar surface area (TPSA) is 96.0 Å². The van der Waals surface area contributed by atoms with Crippen molar-refractivity contribution in [2.75, 3.05) is 5.32 Å². The van der Waals surface area contributed by atoms with Crippen LogP contribution in [0.2, 0.25) is 0 Å². The molecule has 1 aromatic carbocycles. The standard InChI is InChI=1S/C21H22FN5O2S/c22-14-3-1-13(2-4-14)12-24-15-5-7-16(8-6-15)25-20-23-10-9-17(26-20)11-18-19(28)27-21(29)30-18/h1-4,9-11,15-16,24H,5-8,12H2,(H,23,25,26)(H,27,28,29)/b18-11-. The molecule has 9 heteroatoms. The van der Waals surface area contributed by atoms with E-state index in [-0.39, 0.29) is 17.1 Å². The monoisotopic (exact) mass is 427 g/mol. The third kappa shape index (κ3) is 5.43. The van der Waals surface area contributed by atoms with E-state index in [1.165, 1.54) is 12.1 Å². The number of anilines is 1. The molecule has 1 aliphatic heterocycles. The van der Waals surface area contributed by atoms with Crippen molar-refractivity contribution < 1.29 is 14.0 Å². The summed E-state index contributed by atoms with van der Waals surface area (Å²) < 4.78 is 13.0. The number of nitrogens with zero attached hydrogens (tertiary/aromatic N) is 2. The average Bonchev–Trinajstić information content (AvgIpc) is 3.05. The molecule has 2 aliphatic rings. The molecule has 1 aromatic heterocycles. The number of hydrogen-bond donors (Lipinski definition) is 3. The highest BCUT2D eigenvalue weighted by Gasteiger charge is 2.25. The number of carbonyl (C=O) groups is 2. The van der Waals surface area contributed by atoms with Crippen molar-refractivity contribution in [3.05, 3.63) is 58.5 Å². The van der Waals surface area contributed by atoms with Gasteiger partial charge in [-0.1, -0.05) is 12.1 Å². The SMILES string of the molecule is O=C1NC(=O)/C(=C/c2ccnc(NC3CCC(NCc4ccc(F)cc4)CC3)n2)S1. The maximum atomic E-state index is 13.0. The Hall–Kier alpha value is -2.78. The minimum absolute atomic E-state index is 0.216. The smallest absolute Gasteiger partial charge is 0.290 e. The Balaban J connectivity index is 1.27. The molecule has 1 aliphatic carbocycles. The van der Waals surface area contributed by atoms with E-state index in [1.54, 1.807) is 30.5 Å². The number of thioether (sulfide) groups is 1. The highest BCUT2D eigenvalue weighted by atomic mass is 32.2. The maximum absolute atomic E-state index is 13.0. The Bertz CT molecular complexity index is 958. The lowest BCUT2D eigenvalue weighted by atomic mass is 9.91. The van der Waals surface area contributed by atoms with Crippen LogP contribution in [0.1, 0.15) is 36.9 Å². The first-order valence-corrected chi connectivity index (χ1v) is 10.7. The van der Waals surface area contributed by atoms with Crippen molar-refractivity contribution in [1.82, 2.24) is 20.6 Å². The number of aromatic nitrogens is 2. The minimum Gasteiger partial charge on any atom is -0.351 e. The summed E-state index contributed by atoms with van der Waals surface area (Å²) in [4.78, 5) is 32.0. The molecule has 7 nitrogen and oxygen atoms in total. The summed E-state index contributed by atoms with van der Waals surface area (Å²) in [6, 6.07) is 8.99. The Labute approximate surface area is 178 Å². The molecule has 0 bridgehead atoms. The molecule has 156 valence electrons. The van der Waals surface area contributed by atoms with Gasteiger partial charge in [0.05, 0.1) is 10.6 Å². The summed E-state index contributed by atoms with van der Waals surface area (Å²) in [5, 5.41) is 8.77. The fourth-order valence-corrected chi connectivity index (χ4v) is 4.23. The van der Waals surface area contributed by atoms with Gasteiger partial charge in [-0.25, -0.2) is 14.4 Å². The molecular weight excluding hydrogens is 405 g/mol. The van der Waals surface area contributed by atoms with Crippen LogP contribution in [0, 0.1) is 5.82 Å². The summed E-state index contributed by atoms with van der Waals surface area (Å²) in [5.41, 5.74) is 1.65. The van der Waals surface area contributed by atoms with Crippen LogP contribution in [-0.4, -0.2) is 33.2 Å². The first-order valence-electron chi connectivity index (χ1n) is 9.87. The fourth-order valence-electron chi connectivity index (χ4n) is 3.57. The highest BCUT2D eigenvalue weighted by molar-refractivity contribution is 8.18. The van der Waals surface area contributed by atoms with E-state index in [0.717, 1.165) is 49.6 Å². The van der Waals surface area contributed by atoms with Crippen molar-refractivity contribution in [3.8, 4) is 0 Å². The highest BCUT2D eigenvalue weighted by Crippen LogP contribution is 2.25. The molecular formula is C21H22FN5O2S. The second-order valence-corrected chi connectivity index (χ2v) is 8.37. The Morgan fingerprint density at radius 3 is 2.53 bits per heavy atom. The third-order valence-corrected chi connectivity index (χ3v) is 5.98. The summed E-state index contributed by atoms with van der Waals surface area (Å²) >= 11 is 0.869. The van der Waals surface area contributed by atoms with Crippen LogP contribution < -0.4 is 16.0 Å². The van der Waals surface area contributed by atoms with Gasteiger partial charge in [-0.15, -0.1) is 0 Å². The number of amides is 2. The minimum atomic E-state index is -0.399. The van der Waals surface area contributed by atoms with Crippen LogP contribution in [0.3, 0.4) is 0 Å². The lowest BCUT2D eigenvalue weighted by Crippen LogP contribution is -2.36. The fraction of sp³-hybridized carbons (Fsp3) is 0.333. The van der Waals surface area contributed by atoms with E-state index in [9.17, 15) is 14.0 Å². The Morgan fingerprint density at radius 2 is 1.83 bits per heavy atom. The number of carbonyl (C=O) groups excluding carboxylic acids is 2. The van der Waals surface area contributed by atoms with Gasteiger partial charge in [-0.2, -0.15) is 0 Å². The first-order chi connectivity index (χ1) is 14.5. The summed E-state index contributed by atoms with van der Waals surface area (Å²) in [5.74, 6) is -0.0991. The van der Waals surface area contributed by atoms with Gasteiger partial charge < -0.3 is 10.6 Å². The van der Waals surface area contributed by atoms with Gasteiger partial charge in [0.2, 0.25) is 5.95 Å². The normalized spacial score (nSPS) is 22.9.